The van der Waals surface area contributed by atoms with Crippen molar-refractivity contribution in [1.29, 1.82) is 0 Å². The van der Waals surface area contributed by atoms with Crippen molar-refractivity contribution in [1.82, 2.24) is 0 Å². The molecule has 0 N–H and O–H groups in total. The Hall–Kier alpha value is -1.51. The zero-order valence-electron chi connectivity index (χ0n) is 11.2. The third kappa shape index (κ3) is 2.66. The van der Waals surface area contributed by atoms with Gasteiger partial charge in [-0.2, -0.15) is 0 Å². The Morgan fingerprint density at radius 3 is 2.17 bits per heavy atom. The molecule has 1 aromatic carbocycles. The maximum atomic E-state index is 12.4. The van der Waals surface area contributed by atoms with Gasteiger partial charge in [-0.05, 0) is 37.3 Å². The Kier molecular flexibility index (Phi) is 3.90. The van der Waals surface area contributed by atoms with E-state index in [4.69, 9.17) is 9.47 Å². The smallest absolute Gasteiger partial charge is 0.166 e. The van der Waals surface area contributed by atoms with Crippen LogP contribution in [0.25, 0.3) is 0 Å². The first-order valence-electron chi connectivity index (χ1n) is 6.41. The van der Waals surface area contributed by atoms with Crippen molar-refractivity contribution in [3.63, 3.8) is 0 Å². The molecule has 3 nitrogen and oxygen atoms in total. The van der Waals surface area contributed by atoms with Crippen molar-refractivity contribution in [2.24, 2.45) is 11.8 Å². The summed E-state index contributed by atoms with van der Waals surface area (Å²) < 4.78 is 10.4. The predicted octanol–water partition coefficient (Wildman–Crippen LogP) is 3.32. The van der Waals surface area contributed by atoms with E-state index in [1.54, 1.807) is 32.4 Å². The molecule has 0 heterocycles. The molecule has 0 radical (unpaired) electrons. The number of carbonyl (C=O) groups excluding carboxylic acids is 1. The van der Waals surface area contributed by atoms with E-state index < -0.39 is 0 Å². The normalized spacial score (nSPS) is 22.8. The van der Waals surface area contributed by atoms with E-state index in [0.29, 0.717) is 23.0 Å². The summed E-state index contributed by atoms with van der Waals surface area (Å²) in [6.45, 7) is 2.21. The lowest BCUT2D eigenvalue weighted by Gasteiger charge is -2.11. The highest BCUT2D eigenvalue weighted by Crippen LogP contribution is 2.34. The summed E-state index contributed by atoms with van der Waals surface area (Å²) >= 11 is 0. The van der Waals surface area contributed by atoms with E-state index in [1.807, 2.05) is 0 Å². The molecular weight excluding hydrogens is 228 g/mol. The van der Waals surface area contributed by atoms with Gasteiger partial charge in [-0.3, -0.25) is 4.79 Å². The quantitative estimate of drug-likeness (QED) is 0.767. The predicted molar refractivity (Wildman–Crippen MR) is 70.4 cm³/mol. The Balaban J connectivity index is 2.24. The highest BCUT2D eigenvalue weighted by atomic mass is 16.5. The minimum atomic E-state index is 0.164. The van der Waals surface area contributed by atoms with Gasteiger partial charge in [0.15, 0.2) is 5.78 Å². The second-order valence-corrected chi connectivity index (χ2v) is 5.08. The molecule has 1 aromatic rings. The molecular formula is C15H20O3. The van der Waals surface area contributed by atoms with Crippen LogP contribution < -0.4 is 9.47 Å². The van der Waals surface area contributed by atoms with E-state index in [9.17, 15) is 4.79 Å². The maximum absolute atomic E-state index is 12.4. The van der Waals surface area contributed by atoms with Crippen LogP contribution in [-0.2, 0) is 0 Å². The fourth-order valence-corrected chi connectivity index (χ4v) is 2.63. The summed E-state index contributed by atoms with van der Waals surface area (Å²) in [5.41, 5.74) is 0.699. The monoisotopic (exact) mass is 248 g/mol. The standard InChI is InChI=1S/C15H20O3/c1-10-4-5-11(6-10)15(16)12-7-13(17-2)9-14(8-12)18-3/h7-11H,4-6H2,1-3H3. The van der Waals surface area contributed by atoms with Crippen molar-refractivity contribution in [2.45, 2.75) is 26.2 Å². The SMILES string of the molecule is COc1cc(OC)cc(C(=O)C2CCC(C)C2)c1. The Labute approximate surface area is 108 Å². The van der Waals surface area contributed by atoms with Gasteiger partial charge in [0.05, 0.1) is 14.2 Å². The van der Waals surface area contributed by atoms with Gasteiger partial charge < -0.3 is 9.47 Å². The Morgan fingerprint density at radius 2 is 1.72 bits per heavy atom. The van der Waals surface area contributed by atoms with Crippen molar-refractivity contribution >= 4 is 5.78 Å². The molecule has 0 saturated heterocycles. The highest BCUT2D eigenvalue weighted by Gasteiger charge is 2.28. The largest absolute Gasteiger partial charge is 0.497 e. The highest BCUT2D eigenvalue weighted by molar-refractivity contribution is 5.98. The number of hydrogen-bond donors (Lipinski definition) is 0. The molecule has 1 aliphatic rings. The molecule has 2 rings (SSSR count). The first-order chi connectivity index (χ1) is 8.63. The van der Waals surface area contributed by atoms with Gasteiger partial charge in [-0.25, -0.2) is 0 Å². The lowest BCUT2D eigenvalue weighted by Crippen LogP contribution is -2.11. The van der Waals surface area contributed by atoms with Crippen molar-refractivity contribution < 1.29 is 14.3 Å². The Bertz CT molecular complexity index is 417. The number of methoxy groups -OCH3 is 2. The van der Waals surface area contributed by atoms with Gasteiger partial charge in [-0.15, -0.1) is 0 Å². The Morgan fingerprint density at radius 1 is 1.11 bits per heavy atom. The number of ketones is 1. The molecule has 0 amide bonds. The number of carbonyl (C=O) groups is 1. The second-order valence-electron chi connectivity index (χ2n) is 5.08. The van der Waals surface area contributed by atoms with Crippen LogP contribution >= 0.6 is 0 Å². The third-order valence-corrected chi connectivity index (χ3v) is 3.70. The summed E-state index contributed by atoms with van der Waals surface area (Å²) in [5, 5.41) is 0. The first-order valence-corrected chi connectivity index (χ1v) is 6.41. The molecule has 1 fully saturated rings. The van der Waals surface area contributed by atoms with Crippen LogP contribution in [0.4, 0.5) is 0 Å². The van der Waals surface area contributed by atoms with E-state index >= 15 is 0 Å². The second kappa shape index (κ2) is 5.42. The third-order valence-electron chi connectivity index (χ3n) is 3.70. The first kappa shape index (κ1) is 12.9. The number of benzene rings is 1. The lowest BCUT2D eigenvalue weighted by molar-refractivity contribution is 0.0920. The van der Waals surface area contributed by atoms with E-state index in [-0.39, 0.29) is 11.7 Å². The van der Waals surface area contributed by atoms with Crippen LogP contribution in [0.2, 0.25) is 0 Å². The maximum Gasteiger partial charge on any atom is 0.166 e. The fraction of sp³-hybridized carbons (Fsp3) is 0.533. The van der Waals surface area contributed by atoms with Gasteiger partial charge in [0.25, 0.3) is 0 Å². The molecule has 0 aliphatic heterocycles. The van der Waals surface area contributed by atoms with Crippen LogP contribution in [0.5, 0.6) is 11.5 Å². The molecule has 3 heteroatoms. The molecule has 98 valence electrons. The summed E-state index contributed by atoms with van der Waals surface area (Å²) in [5.74, 6) is 2.38. The van der Waals surface area contributed by atoms with Crippen molar-refractivity contribution in [3.8, 4) is 11.5 Å². The fourth-order valence-electron chi connectivity index (χ4n) is 2.63. The zero-order chi connectivity index (χ0) is 13.1. The van der Waals surface area contributed by atoms with Gasteiger partial charge in [0.1, 0.15) is 11.5 Å². The molecule has 2 unspecified atom stereocenters. The van der Waals surface area contributed by atoms with Crippen LogP contribution in [0.3, 0.4) is 0 Å². The van der Waals surface area contributed by atoms with Crippen LogP contribution in [0.1, 0.15) is 36.5 Å². The van der Waals surface area contributed by atoms with Gasteiger partial charge in [-0.1, -0.05) is 6.92 Å². The summed E-state index contributed by atoms with van der Waals surface area (Å²) in [7, 11) is 3.20. The number of ether oxygens (including phenoxy) is 2. The summed E-state index contributed by atoms with van der Waals surface area (Å²) in [6.07, 6.45) is 3.15. The van der Waals surface area contributed by atoms with E-state index in [1.165, 1.54) is 0 Å². The van der Waals surface area contributed by atoms with Gasteiger partial charge >= 0.3 is 0 Å². The van der Waals surface area contributed by atoms with Crippen molar-refractivity contribution in [3.05, 3.63) is 23.8 Å². The zero-order valence-corrected chi connectivity index (χ0v) is 11.2. The molecule has 1 aliphatic carbocycles. The van der Waals surface area contributed by atoms with Crippen LogP contribution in [0.15, 0.2) is 18.2 Å². The van der Waals surface area contributed by atoms with Gasteiger partial charge in [0, 0.05) is 17.5 Å². The molecule has 2 atom stereocenters. The van der Waals surface area contributed by atoms with Gasteiger partial charge in [0.2, 0.25) is 0 Å². The summed E-state index contributed by atoms with van der Waals surface area (Å²) in [4.78, 5) is 12.4. The number of hydrogen-bond acceptors (Lipinski definition) is 3. The van der Waals surface area contributed by atoms with E-state index in [2.05, 4.69) is 6.92 Å². The molecule has 0 spiro atoms. The minimum absolute atomic E-state index is 0.164. The molecule has 18 heavy (non-hydrogen) atoms. The topological polar surface area (TPSA) is 35.5 Å². The minimum Gasteiger partial charge on any atom is -0.497 e. The van der Waals surface area contributed by atoms with Crippen LogP contribution in [-0.4, -0.2) is 20.0 Å². The number of rotatable bonds is 4. The molecule has 1 saturated carbocycles. The molecule has 0 aromatic heterocycles. The molecule has 0 bridgehead atoms. The number of Topliss-reactive ketones (excluding diaryl/α,β-unsaturated/α-hetero) is 1. The summed E-state index contributed by atoms with van der Waals surface area (Å²) in [6, 6.07) is 5.38. The van der Waals surface area contributed by atoms with E-state index in [0.717, 1.165) is 19.3 Å². The van der Waals surface area contributed by atoms with Crippen LogP contribution in [0, 0.1) is 11.8 Å². The average molecular weight is 248 g/mol. The van der Waals surface area contributed by atoms with Crippen molar-refractivity contribution in [2.75, 3.05) is 14.2 Å². The average Bonchev–Trinajstić information content (AvgIpc) is 2.83. The lowest BCUT2D eigenvalue weighted by atomic mass is 9.95.